The van der Waals surface area contributed by atoms with Crippen molar-refractivity contribution in [3.05, 3.63) is 29.8 Å². The minimum atomic E-state index is -0.854. The number of alkyl halides is 1. The van der Waals surface area contributed by atoms with E-state index < -0.39 is 11.2 Å². The van der Waals surface area contributed by atoms with Crippen molar-refractivity contribution in [1.29, 1.82) is 0 Å². The molecule has 20 heavy (non-hydrogen) atoms. The Morgan fingerprint density at radius 3 is 1.85 bits per heavy atom. The molecule has 0 N–H and O–H groups in total. The molecular weight excluding hydrogens is 332 g/mol. The van der Waals surface area contributed by atoms with E-state index in [1.165, 1.54) is 56.9 Å². The Kier molecular flexibility index (Phi) is 10.5. The van der Waals surface area contributed by atoms with E-state index in [0.717, 1.165) is 16.6 Å². The first-order chi connectivity index (χ1) is 9.74. The van der Waals surface area contributed by atoms with Crippen molar-refractivity contribution in [1.82, 2.24) is 0 Å². The van der Waals surface area contributed by atoms with Gasteiger partial charge in [0.15, 0.2) is 4.90 Å². The molecule has 0 amide bonds. The first kappa shape index (κ1) is 18.1. The average Bonchev–Trinajstić information content (AvgIpc) is 2.46. The first-order valence-corrected chi connectivity index (χ1v) is 10.4. The van der Waals surface area contributed by atoms with Crippen LogP contribution in [0.3, 0.4) is 0 Å². The Labute approximate surface area is 135 Å². The fourth-order valence-electron chi connectivity index (χ4n) is 2.33. The van der Waals surface area contributed by atoms with Crippen molar-refractivity contribution in [2.75, 3.05) is 11.6 Å². The number of hydrogen-bond donors (Lipinski definition) is 0. The van der Waals surface area contributed by atoms with Crippen molar-refractivity contribution in [3.8, 4) is 0 Å². The highest BCUT2D eigenvalue weighted by molar-refractivity contribution is 9.09. The monoisotopic (exact) mass is 358 g/mol. The van der Waals surface area contributed by atoms with Gasteiger partial charge in [-0.3, -0.25) is 0 Å². The van der Waals surface area contributed by atoms with E-state index in [-0.39, 0.29) is 0 Å². The van der Waals surface area contributed by atoms with Gasteiger partial charge in [0.1, 0.15) is 6.26 Å². The molecule has 0 aliphatic rings. The molecule has 0 saturated carbocycles. The third-order valence-corrected chi connectivity index (χ3v) is 5.10. The van der Waals surface area contributed by atoms with E-state index in [1.54, 1.807) is 6.26 Å². The fourth-order valence-corrected chi connectivity index (χ4v) is 3.25. The van der Waals surface area contributed by atoms with Crippen LogP contribution in [0.5, 0.6) is 0 Å². The summed E-state index contributed by atoms with van der Waals surface area (Å²) < 4.78 is 11.3. The molecule has 0 aliphatic heterocycles. The van der Waals surface area contributed by atoms with Gasteiger partial charge in [0, 0.05) is 5.33 Å². The maximum Gasteiger partial charge on any atom is 0.152 e. The Morgan fingerprint density at radius 1 is 0.850 bits per heavy atom. The zero-order valence-corrected chi connectivity index (χ0v) is 15.0. The third kappa shape index (κ3) is 8.33. The lowest BCUT2D eigenvalue weighted by molar-refractivity contribution is 0.577. The molecule has 1 aromatic carbocycles. The summed E-state index contributed by atoms with van der Waals surface area (Å²) in [6, 6.07) is 8.23. The van der Waals surface area contributed by atoms with Gasteiger partial charge in [-0.25, -0.2) is 0 Å². The van der Waals surface area contributed by atoms with Crippen LogP contribution in [-0.2, 0) is 17.6 Å². The van der Waals surface area contributed by atoms with E-state index in [2.05, 4.69) is 28.1 Å². The summed E-state index contributed by atoms with van der Waals surface area (Å²) in [5.74, 6) is 0. The minimum Gasteiger partial charge on any atom is -0.612 e. The topological polar surface area (TPSA) is 23.1 Å². The normalized spacial score (nSPS) is 12.6. The highest BCUT2D eigenvalue weighted by Crippen LogP contribution is 2.14. The van der Waals surface area contributed by atoms with Crippen molar-refractivity contribution < 1.29 is 4.55 Å². The summed E-state index contributed by atoms with van der Waals surface area (Å²) >= 11 is 2.62. The van der Waals surface area contributed by atoms with Crippen LogP contribution in [0, 0.1) is 0 Å². The van der Waals surface area contributed by atoms with Crippen LogP contribution in [-0.4, -0.2) is 16.1 Å². The summed E-state index contributed by atoms with van der Waals surface area (Å²) in [6.07, 6.45) is 13.7. The second kappa shape index (κ2) is 11.6. The standard InChI is InChI=1S/C17H27BrOS/c1-20(19)17-13-11-16(12-14-17)10-8-6-4-2-3-5-7-9-15-18/h11-14H,2-10,15H2,1H3. The Hall–Kier alpha value is 0.01000. The van der Waals surface area contributed by atoms with Gasteiger partial charge >= 0.3 is 0 Å². The van der Waals surface area contributed by atoms with Gasteiger partial charge in [0.05, 0.1) is 0 Å². The molecule has 1 atom stereocenters. The summed E-state index contributed by atoms with van der Waals surface area (Å²) in [5.41, 5.74) is 1.37. The predicted molar refractivity (Wildman–Crippen MR) is 93.2 cm³/mol. The molecule has 1 aromatic rings. The molecule has 0 bridgehead atoms. The Bertz CT molecular complexity index is 337. The lowest BCUT2D eigenvalue weighted by Gasteiger charge is -2.06. The van der Waals surface area contributed by atoms with E-state index in [1.807, 2.05) is 12.1 Å². The van der Waals surface area contributed by atoms with Gasteiger partial charge in [-0.2, -0.15) is 0 Å². The predicted octanol–water partition coefficient (Wildman–Crippen LogP) is 5.48. The molecule has 0 radical (unpaired) electrons. The summed E-state index contributed by atoms with van der Waals surface area (Å²) in [6.45, 7) is 0. The van der Waals surface area contributed by atoms with Crippen LogP contribution in [0.15, 0.2) is 29.2 Å². The smallest absolute Gasteiger partial charge is 0.152 e. The molecule has 0 saturated heterocycles. The van der Waals surface area contributed by atoms with Gasteiger partial charge in [-0.15, -0.1) is 0 Å². The molecule has 0 aliphatic carbocycles. The van der Waals surface area contributed by atoms with E-state index in [9.17, 15) is 4.55 Å². The van der Waals surface area contributed by atoms with Crippen LogP contribution < -0.4 is 0 Å². The molecule has 0 heterocycles. The summed E-state index contributed by atoms with van der Waals surface area (Å²) in [5, 5.41) is 1.15. The van der Waals surface area contributed by atoms with Crippen LogP contribution in [0.4, 0.5) is 0 Å². The van der Waals surface area contributed by atoms with Crippen molar-refractivity contribution in [2.24, 2.45) is 0 Å². The zero-order valence-electron chi connectivity index (χ0n) is 12.6. The van der Waals surface area contributed by atoms with Crippen LogP contribution in [0.1, 0.15) is 56.9 Å². The van der Waals surface area contributed by atoms with Crippen LogP contribution in [0.25, 0.3) is 0 Å². The maximum atomic E-state index is 11.3. The van der Waals surface area contributed by atoms with E-state index >= 15 is 0 Å². The van der Waals surface area contributed by atoms with Gasteiger partial charge < -0.3 is 4.55 Å². The quantitative estimate of drug-likeness (QED) is 0.291. The van der Waals surface area contributed by atoms with Crippen LogP contribution >= 0.6 is 15.9 Å². The second-order valence-electron chi connectivity index (χ2n) is 5.37. The minimum absolute atomic E-state index is 0.854. The maximum absolute atomic E-state index is 11.3. The highest BCUT2D eigenvalue weighted by Gasteiger charge is 2.02. The van der Waals surface area contributed by atoms with Crippen molar-refractivity contribution in [2.45, 2.75) is 62.7 Å². The molecule has 0 aromatic heterocycles. The summed E-state index contributed by atoms with van der Waals surface area (Å²) in [4.78, 5) is 0.928. The molecule has 114 valence electrons. The highest BCUT2D eigenvalue weighted by atomic mass is 79.9. The fraction of sp³-hybridized carbons (Fsp3) is 0.647. The summed E-state index contributed by atoms with van der Waals surface area (Å²) in [7, 11) is 0. The zero-order chi connectivity index (χ0) is 14.6. The van der Waals surface area contributed by atoms with E-state index in [4.69, 9.17) is 0 Å². The molecule has 0 fully saturated rings. The molecule has 0 spiro atoms. The number of benzene rings is 1. The van der Waals surface area contributed by atoms with Crippen LogP contribution in [0.2, 0.25) is 0 Å². The number of halogens is 1. The Balaban J connectivity index is 2.01. The second-order valence-corrected chi connectivity index (χ2v) is 7.54. The first-order valence-electron chi connectivity index (χ1n) is 7.72. The van der Waals surface area contributed by atoms with Gasteiger partial charge in [-0.1, -0.05) is 66.6 Å². The largest absolute Gasteiger partial charge is 0.612 e. The third-order valence-electron chi connectivity index (χ3n) is 3.60. The molecule has 3 heteroatoms. The van der Waals surface area contributed by atoms with Crippen molar-refractivity contribution >= 4 is 27.1 Å². The molecular formula is C17H27BrOS. The lowest BCUT2D eigenvalue weighted by Crippen LogP contribution is -1.97. The number of aryl methyl sites for hydroxylation is 1. The SMILES string of the molecule is C[S+]([O-])c1ccc(CCCCCCCCCCBr)cc1. The van der Waals surface area contributed by atoms with Gasteiger partial charge in [0.2, 0.25) is 0 Å². The lowest BCUT2D eigenvalue weighted by atomic mass is 10.0. The molecule has 1 rings (SSSR count). The Morgan fingerprint density at radius 2 is 1.35 bits per heavy atom. The molecule has 1 unspecified atom stereocenters. The number of hydrogen-bond acceptors (Lipinski definition) is 1. The van der Waals surface area contributed by atoms with E-state index in [0.29, 0.717) is 0 Å². The van der Waals surface area contributed by atoms with Gasteiger partial charge in [0.25, 0.3) is 0 Å². The van der Waals surface area contributed by atoms with Gasteiger partial charge in [-0.05, 0) is 48.1 Å². The van der Waals surface area contributed by atoms with Crippen molar-refractivity contribution in [3.63, 3.8) is 0 Å². The number of unbranched alkanes of at least 4 members (excludes halogenated alkanes) is 7. The number of rotatable bonds is 11. The molecule has 1 nitrogen and oxygen atoms in total. The average molecular weight is 359 g/mol.